The monoisotopic (exact) mass is 415 g/mol. The maximum atomic E-state index is 12.3. The summed E-state index contributed by atoms with van der Waals surface area (Å²) < 4.78 is 0. The molecular weight excluding hydrogens is 398 g/mol. The number of thiazole rings is 1. The molecular formula is C20H18ClN3O3S. The van der Waals surface area contributed by atoms with E-state index >= 15 is 0 Å². The maximum absolute atomic E-state index is 12.3. The first-order valence-electron chi connectivity index (χ1n) is 8.60. The number of rotatable bonds is 6. The maximum Gasteiger partial charge on any atom is 0.273 e. The summed E-state index contributed by atoms with van der Waals surface area (Å²) in [5.41, 5.74) is 2.67. The van der Waals surface area contributed by atoms with Crippen LogP contribution in [0, 0.1) is 24.0 Å². The molecule has 0 fully saturated rings. The van der Waals surface area contributed by atoms with Crippen LogP contribution < -0.4 is 5.32 Å². The van der Waals surface area contributed by atoms with Gasteiger partial charge in [-0.25, -0.2) is 4.98 Å². The molecule has 0 aliphatic heterocycles. The highest BCUT2D eigenvalue weighted by Crippen LogP contribution is 2.29. The number of nitrogens with one attached hydrogen (secondary N) is 1. The molecule has 0 aliphatic carbocycles. The Morgan fingerprint density at radius 1 is 1.21 bits per heavy atom. The van der Waals surface area contributed by atoms with E-state index < -0.39 is 4.92 Å². The lowest BCUT2D eigenvalue weighted by Gasteiger charge is -2.05. The standard InChI is InChI=1S/C20H18ClN3O3S/c1-12-3-4-15(11-17(12)24(26)27)19(25)22-10-9-18-13(2)23-20(28-18)14-5-7-16(21)8-6-14/h3-8,11H,9-10H2,1-2H3,(H,22,25). The second kappa shape index (κ2) is 8.50. The first kappa shape index (κ1) is 20.0. The molecule has 1 N–H and O–H groups in total. The van der Waals surface area contributed by atoms with Crippen LogP contribution in [0.5, 0.6) is 0 Å². The lowest BCUT2D eigenvalue weighted by atomic mass is 10.1. The van der Waals surface area contributed by atoms with Crippen molar-refractivity contribution in [1.29, 1.82) is 0 Å². The normalized spacial score (nSPS) is 10.7. The third-order valence-corrected chi connectivity index (χ3v) is 5.81. The molecule has 8 heteroatoms. The minimum atomic E-state index is -0.481. The highest BCUT2D eigenvalue weighted by atomic mass is 35.5. The van der Waals surface area contributed by atoms with Gasteiger partial charge in [0.05, 0.1) is 10.6 Å². The number of aryl methyl sites for hydroxylation is 2. The molecule has 0 bridgehead atoms. The van der Waals surface area contributed by atoms with Gasteiger partial charge >= 0.3 is 0 Å². The minimum absolute atomic E-state index is 0.0569. The zero-order valence-corrected chi connectivity index (χ0v) is 16.9. The van der Waals surface area contributed by atoms with Crippen LogP contribution in [-0.2, 0) is 6.42 Å². The highest BCUT2D eigenvalue weighted by Gasteiger charge is 2.15. The third kappa shape index (κ3) is 4.55. The lowest BCUT2D eigenvalue weighted by Crippen LogP contribution is -2.25. The predicted octanol–water partition coefficient (Wildman–Crippen LogP) is 4.96. The van der Waals surface area contributed by atoms with Crippen LogP contribution in [-0.4, -0.2) is 22.4 Å². The highest BCUT2D eigenvalue weighted by molar-refractivity contribution is 7.15. The molecule has 2 aromatic carbocycles. The molecule has 1 heterocycles. The number of hydrogen-bond donors (Lipinski definition) is 1. The number of halogens is 1. The van der Waals surface area contributed by atoms with E-state index in [9.17, 15) is 14.9 Å². The van der Waals surface area contributed by atoms with Crippen LogP contribution >= 0.6 is 22.9 Å². The average molecular weight is 416 g/mol. The Kier molecular flexibility index (Phi) is 6.06. The number of aromatic nitrogens is 1. The molecule has 0 radical (unpaired) electrons. The van der Waals surface area contributed by atoms with Gasteiger partial charge in [0.25, 0.3) is 11.6 Å². The van der Waals surface area contributed by atoms with Gasteiger partial charge in [0.15, 0.2) is 0 Å². The number of amides is 1. The Hall–Kier alpha value is -2.77. The molecule has 144 valence electrons. The van der Waals surface area contributed by atoms with Crippen molar-refractivity contribution >= 4 is 34.5 Å². The van der Waals surface area contributed by atoms with Crippen LogP contribution in [0.2, 0.25) is 5.02 Å². The molecule has 3 aromatic rings. The number of nitro benzene ring substituents is 1. The summed E-state index contributed by atoms with van der Waals surface area (Å²) in [5.74, 6) is -0.330. The second-order valence-electron chi connectivity index (χ2n) is 6.30. The molecule has 0 atom stereocenters. The molecule has 28 heavy (non-hydrogen) atoms. The Morgan fingerprint density at radius 2 is 1.93 bits per heavy atom. The fourth-order valence-corrected chi connectivity index (χ4v) is 3.91. The van der Waals surface area contributed by atoms with E-state index in [0.29, 0.717) is 23.6 Å². The largest absolute Gasteiger partial charge is 0.352 e. The van der Waals surface area contributed by atoms with Gasteiger partial charge in [-0.3, -0.25) is 14.9 Å². The summed E-state index contributed by atoms with van der Waals surface area (Å²) in [6.07, 6.45) is 0.636. The van der Waals surface area contributed by atoms with Crippen molar-refractivity contribution in [3.8, 4) is 10.6 Å². The lowest BCUT2D eigenvalue weighted by molar-refractivity contribution is -0.385. The Bertz CT molecular complexity index is 1030. The van der Waals surface area contributed by atoms with E-state index in [0.717, 1.165) is 21.1 Å². The van der Waals surface area contributed by atoms with Crippen molar-refractivity contribution in [2.45, 2.75) is 20.3 Å². The topological polar surface area (TPSA) is 85.1 Å². The third-order valence-electron chi connectivity index (χ3n) is 4.29. The quantitative estimate of drug-likeness (QED) is 0.455. The molecule has 0 aliphatic rings. The zero-order chi connectivity index (χ0) is 20.3. The van der Waals surface area contributed by atoms with Crippen LogP contribution in [0.3, 0.4) is 0 Å². The van der Waals surface area contributed by atoms with Crippen LogP contribution in [0.4, 0.5) is 5.69 Å². The van der Waals surface area contributed by atoms with Gasteiger partial charge in [0, 0.05) is 45.6 Å². The van der Waals surface area contributed by atoms with Gasteiger partial charge in [-0.1, -0.05) is 29.8 Å². The van der Waals surface area contributed by atoms with Crippen molar-refractivity contribution in [1.82, 2.24) is 10.3 Å². The number of benzene rings is 2. The molecule has 3 rings (SSSR count). The molecule has 0 unspecified atom stereocenters. The second-order valence-corrected chi connectivity index (χ2v) is 7.82. The Morgan fingerprint density at radius 3 is 2.61 bits per heavy atom. The van der Waals surface area contributed by atoms with Crippen molar-refractivity contribution in [2.24, 2.45) is 0 Å². The van der Waals surface area contributed by atoms with Crippen LogP contribution in [0.25, 0.3) is 10.6 Å². The summed E-state index contributed by atoms with van der Waals surface area (Å²) in [6, 6.07) is 12.0. The van der Waals surface area contributed by atoms with Gasteiger partial charge in [-0.05, 0) is 32.0 Å². The van der Waals surface area contributed by atoms with Gasteiger partial charge < -0.3 is 5.32 Å². The molecule has 1 aromatic heterocycles. The fourth-order valence-electron chi connectivity index (χ4n) is 2.71. The van der Waals surface area contributed by atoms with Crippen molar-refractivity contribution < 1.29 is 9.72 Å². The average Bonchev–Trinajstić information content (AvgIpc) is 3.03. The van der Waals surface area contributed by atoms with E-state index in [1.807, 2.05) is 31.2 Å². The summed E-state index contributed by atoms with van der Waals surface area (Å²) in [6.45, 7) is 4.00. The van der Waals surface area contributed by atoms with E-state index in [2.05, 4.69) is 10.3 Å². The molecule has 0 saturated heterocycles. The van der Waals surface area contributed by atoms with Crippen LogP contribution in [0.1, 0.15) is 26.5 Å². The predicted molar refractivity (Wildman–Crippen MR) is 111 cm³/mol. The first-order chi connectivity index (χ1) is 13.3. The molecule has 0 spiro atoms. The van der Waals surface area contributed by atoms with Gasteiger partial charge in [-0.2, -0.15) is 0 Å². The smallest absolute Gasteiger partial charge is 0.273 e. The number of nitro groups is 1. The summed E-state index contributed by atoms with van der Waals surface area (Å²) in [7, 11) is 0. The molecule has 6 nitrogen and oxygen atoms in total. The first-order valence-corrected chi connectivity index (χ1v) is 9.80. The number of nitrogens with zero attached hydrogens (tertiary/aromatic N) is 2. The number of carbonyl (C=O) groups excluding carboxylic acids is 1. The van der Waals surface area contributed by atoms with E-state index in [-0.39, 0.29) is 17.2 Å². The van der Waals surface area contributed by atoms with E-state index in [1.165, 1.54) is 6.07 Å². The van der Waals surface area contributed by atoms with Gasteiger partial charge in [0.1, 0.15) is 5.01 Å². The van der Waals surface area contributed by atoms with E-state index in [1.54, 1.807) is 30.4 Å². The van der Waals surface area contributed by atoms with Gasteiger partial charge in [0.2, 0.25) is 0 Å². The summed E-state index contributed by atoms with van der Waals surface area (Å²) in [4.78, 5) is 28.5. The zero-order valence-electron chi connectivity index (χ0n) is 15.4. The van der Waals surface area contributed by atoms with Crippen molar-refractivity contribution in [3.63, 3.8) is 0 Å². The number of hydrogen-bond acceptors (Lipinski definition) is 5. The van der Waals surface area contributed by atoms with Crippen molar-refractivity contribution in [2.75, 3.05) is 6.54 Å². The molecule has 0 saturated carbocycles. The summed E-state index contributed by atoms with van der Waals surface area (Å²) in [5, 5.41) is 15.4. The number of carbonyl (C=O) groups is 1. The SMILES string of the molecule is Cc1ccc(C(=O)NCCc2sc(-c3ccc(Cl)cc3)nc2C)cc1[N+](=O)[O-]. The van der Waals surface area contributed by atoms with Gasteiger partial charge in [-0.15, -0.1) is 11.3 Å². The minimum Gasteiger partial charge on any atom is -0.352 e. The fraction of sp³-hybridized carbons (Fsp3) is 0.200. The summed E-state index contributed by atoms with van der Waals surface area (Å²) >= 11 is 7.50. The molecule has 1 amide bonds. The Labute approximate surface area is 171 Å². The Balaban J connectivity index is 1.64. The van der Waals surface area contributed by atoms with Crippen LogP contribution in [0.15, 0.2) is 42.5 Å². The van der Waals surface area contributed by atoms with E-state index in [4.69, 9.17) is 11.6 Å². The van der Waals surface area contributed by atoms with Crippen molar-refractivity contribution in [3.05, 3.63) is 79.3 Å².